The molecule has 1 aromatic carbocycles. The van der Waals surface area contributed by atoms with Gasteiger partial charge in [0.05, 0.1) is 12.7 Å². The van der Waals surface area contributed by atoms with Gasteiger partial charge >= 0.3 is 12.1 Å². The first-order chi connectivity index (χ1) is 12.6. The smallest absolute Gasteiger partial charge is 0.410 e. The van der Waals surface area contributed by atoms with E-state index >= 15 is 0 Å². The molecule has 0 saturated carbocycles. The van der Waals surface area contributed by atoms with E-state index in [2.05, 4.69) is 0 Å². The summed E-state index contributed by atoms with van der Waals surface area (Å²) in [5, 5.41) is 0. The van der Waals surface area contributed by atoms with Crippen molar-refractivity contribution in [3.8, 4) is 0 Å². The van der Waals surface area contributed by atoms with Gasteiger partial charge in [-0.1, -0.05) is 0 Å². The molecule has 7 heteroatoms. The van der Waals surface area contributed by atoms with Crippen molar-refractivity contribution in [1.29, 1.82) is 0 Å². The van der Waals surface area contributed by atoms with Crippen LogP contribution in [-0.2, 0) is 14.3 Å². The van der Waals surface area contributed by atoms with Gasteiger partial charge in [-0.05, 0) is 57.9 Å². The lowest BCUT2D eigenvalue weighted by Crippen LogP contribution is -2.49. The quantitative estimate of drug-likeness (QED) is 0.757. The van der Waals surface area contributed by atoms with Gasteiger partial charge < -0.3 is 19.3 Å². The Bertz CT molecular complexity index is 685. The van der Waals surface area contributed by atoms with E-state index in [1.54, 1.807) is 34.1 Å². The second-order valence-corrected chi connectivity index (χ2v) is 7.63. The third kappa shape index (κ3) is 5.45. The van der Waals surface area contributed by atoms with Crippen molar-refractivity contribution >= 4 is 23.7 Å². The summed E-state index contributed by atoms with van der Waals surface area (Å²) in [5.74, 6) is -0.488. The first-order valence-electron chi connectivity index (χ1n) is 9.08. The van der Waals surface area contributed by atoms with Crippen LogP contribution in [-0.4, -0.2) is 54.7 Å². The van der Waals surface area contributed by atoms with Gasteiger partial charge in [0.2, 0.25) is 5.91 Å². The van der Waals surface area contributed by atoms with E-state index in [4.69, 9.17) is 9.47 Å². The minimum Gasteiger partial charge on any atom is -0.465 e. The number of amides is 2. The molecule has 0 bridgehead atoms. The van der Waals surface area contributed by atoms with Crippen LogP contribution in [0.1, 0.15) is 50.9 Å². The molecule has 0 unspecified atom stereocenters. The number of esters is 1. The fourth-order valence-electron chi connectivity index (χ4n) is 3.16. The van der Waals surface area contributed by atoms with Crippen molar-refractivity contribution in [1.82, 2.24) is 4.90 Å². The Labute approximate surface area is 160 Å². The van der Waals surface area contributed by atoms with Gasteiger partial charge in [-0.2, -0.15) is 0 Å². The van der Waals surface area contributed by atoms with Gasteiger partial charge in [0.15, 0.2) is 0 Å². The minimum atomic E-state index is -0.527. The Morgan fingerprint density at radius 2 is 1.63 bits per heavy atom. The van der Waals surface area contributed by atoms with Crippen LogP contribution >= 0.6 is 0 Å². The highest BCUT2D eigenvalue weighted by Gasteiger charge is 2.31. The Morgan fingerprint density at radius 1 is 1.07 bits per heavy atom. The molecule has 2 rings (SSSR count). The summed E-state index contributed by atoms with van der Waals surface area (Å²) in [6, 6.07) is 6.77. The van der Waals surface area contributed by atoms with Crippen molar-refractivity contribution in [3.05, 3.63) is 29.8 Å². The second-order valence-electron chi connectivity index (χ2n) is 7.63. The molecule has 7 nitrogen and oxygen atoms in total. The monoisotopic (exact) mass is 376 g/mol. The number of likely N-dealkylation sites (tertiary alicyclic amines) is 1. The molecule has 148 valence electrons. The Hall–Kier alpha value is -2.57. The predicted molar refractivity (Wildman–Crippen MR) is 102 cm³/mol. The molecule has 0 aliphatic carbocycles. The summed E-state index contributed by atoms with van der Waals surface area (Å²) >= 11 is 0. The molecule has 1 heterocycles. The molecule has 2 amide bonds. The van der Waals surface area contributed by atoms with Gasteiger partial charge in [-0.25, -0.2) is 9.59 Å². The maximum Gasteiger partial charge on any atom is 0.410 e. The maximum absolute atomic E-state index is 12.3. The number of methoxy groups -OCH3 is 1. The maximum atomic E-state index is 12.3. The van der Waals surface area contributed by atoms with Crippen LogP contribution in [0.2, 0.25) is 0 Å². The molecule has 1 fully saturated rings. The highest BCUT2D eigenvalue weighted by molar-refractivity contribution is 5.94. The number of piperidine rings is 1. The number of nitrogens with zero attached hydrogens (tertiary/aromatic N) is 2. The molecular formula is C20H28N2O5. The first-order valence-corrected chi connectivity index (χ1v) is 9.08. The van der Waals surface area contributed by atoms with Gasteiger partial charge in [-0.3, -0.25) is 4.79 Å². The lowest BCUT2D eigenvalue weighted by Gasteiger charge is -2.38. The summed E-state index contributed by atoms with van der Waals surface area (Å²) < 4.78 is 10.1. The van der Waals surface area contributed by atoms with Crippen molar-refractivity contribution < 1.29 is 23.9 Å². The SMILES string of the molecule is COC(=O)c1ccc(N(C(C)=O)C2CCN(C(=O)OC(C)(C)C)CC2)cc1. The Morgan fingerprint density at radius 3 is 2.07 bits per heavy atom. The molecule has 1 aromatic rings. The van der Waals surface area contributed by atoms with Crippen LogP contribution in [0.5, 0.6) is 0 Å². The fraction of sp³-hybridized carbons (Fsp3) is 0.550. The summed E-state index contributed by atoms with van der Waals surface area (Å²) in [4.78, 5) is 39.4. The zero-order chi connectivity index (χ0) is 20.2. The zero-order valence-corrected chi connectivity index (χ0v) is 16.7. The number of hydrogen-bond acceptors (Lipinski definition) is 5. The van der Waals surface area contributed by atoms with Crippen molar-refractivity contribution in [2.24, 2.45) is 0 Å². The topological polar surface area (TPSA) is 76.2 Å². The van der Waals surface area contributed by atoms with Gasteiger partial charge in [0.25, 0.3) is 0 Å². The van der Waals surface area contributed by atoms with Gasteiger partial charge in [0, 0.05) is 31.7 Å². The third-order valence-electron chi connectivity index (χ3n) is 4.39. The Balaban J connectivity index is 2.06. The summed E-state index contributed by atoms with van der Waals surface area (Å²) in [5.41, 5.74) is 0.635. The normalized spacial score (nSPS) is 15.2. The third-order valence-corrected chi connectivity index (χ3v) is 4.39. The number of benzene rings is 1. The van der Waals surface area contributed by atoms with E-state index in [0.29, 0.717) is 31.5 Å². The molecule has 1 aliphatic rings. The van der Waals surface area contributed by atoms with Crippen LogP contribution in [0, 0.1) is 0 Å². The van der Waals surface area contributed by atoms with Crippen LogP contribution in [0.3, 0.4) is 0 Å². The largest absolute Gasteiger partial charge is 0.465 e. The molecule has 0 atom stereocenters. The second kappa shape index (κ2) is 8.41. The van der Waals surface area contributed by atoms with Crippen LogP contribution < -0.4 is 4.90 Å². The van der Waals surface area contributed by atoms with Crippen LogP contribution in [0.15, 0.2) is 24.3 Å². The zero-order valence-electron chi connectivity index (χ0n) is 16.7. The molecule has 0 N–H and O–H groups in total. The molecule has 1 aliphatic heterocycles. The number of carbonyl (C=O) groups excluding carboxylic acids is 3. The van der Waals surface area contributed by atoms with Crippen LogP contribution in [0.4, 0.5) is 10.5 Å². The highest BCUT2D eigenvalue weighted by atomic mass is 16.6. The van der Waals surface area contributed by atoms with Crippen molar-refractivity contribution in [2.75, 3.05) is 25.1 Å². The predicted octanol–water partition coefficient (Wildman–Crippen LogP) is 3.23. The molecule has 0 aromatic heterocycles. The molecule has 0 spiro atoms. The van der Waals surface area contributed by atoms with Crippen molar-refractivity contribution in [2.45, 2.75) is 52.2 Å². The average Bonchev–Trinajstić information content (AvgIpc) is 2.60. The van der Waals surface area contributed by atoms with E-state index in [0.717, 1.165) is 5.69 Å². The highest BCUT2D eigenvalue weighted by Crippen LogP contribution is 2.25. The van der Waals surface area contributed by atoms with Crippen molar-refractivity contribution in [3.63, 3.8) is 0 Å². The van der Waals surface area contributed by atoms with E-state index < -0.39 is 11.6 Å². The number of carbonyl (C=O) groups is 3. The number of anilines is 1. The molecule has 27 heavy (non-hydrogen) atoms. The lowest BCUT2D eigenvalue weighted by molar-refractivity contribution is -0.117. The fourth-order valence-corrected chi connectivity index (χ4v) is 3.16. The molecular weight excluding hydrogens is 348 g/mol. The van der Waals surface area contributed by atoms with Crippen LogP contribution in [0.25, 0.3) is 0 Å². The minimum absolute atomic E-state index is 0.00911. The summed E-state index contributed by atoms with van der Waals surface area (Å²) in [6.07, 6.45) is 1.01. The van der Waals surface area contributed by atoms with Gasteiger partial charge in [-0.15, -0.1) is 0 Å². The summed E-state index contributed by atoms with van der Waals surface area (Å²) in [7, 11) is 1.33. The average molecular weight is 376 g/mol. The molecule has 0 radical (unpaired) electrons. The summed E-state index contributed by atoms with van der Waals surface area (Å²) in [6.45, 7) is 8.11. The Kier molecular flexibility index (Phi) is 6.46. The van der Waals surface area contributed by atoms with E-state index in [-0.39, 0.29) is 18.0 Å². The van der Waals surface area contributed by atoms with E-state index in [9.17, 15) is 14.4 Å². The van der Waals surface area contributed by atoms with Gasteiger partial charge in [0.1, 0.15) is 5.60 Å². The van der Waals surface area contributed by atoms with E-state index in [1.165, 1.54) is 14.0 Å². The number of hydrogen-bond donors (Lipinski definition) is 0. The first kappa shape index (κ1) is 20.7. The lowest BCUT2D eigenvalue weighted by atomic mass is 10.0. The number of ether oxygens (including phenoxy) is 2. The standard InChI is InChI=1S/C20H28N2O5/c1-14(23)22(16-8-6-15(7-9-16)18(24)26-5)17-10-12-21(13-11-17)19(25)27-20(2,3)4/h6-9,17H,10-13H2,1-5H3. The number of rotatable bonds is 3. The van der Waals surface area contributed by atoms with E-state index in [1.807, 2.05) is 20.8 Å². The molecule has 1 saturated heterocycles.